The van der Waals surface area contributed by atoms with Gasteiger partial charge in [0.05, 0.1) is 9.23 Å². The molecule has 0 saturated heterocycles. The van der Waals surface area contributed by atoms with Crippen molar-refractivity contribution in [3.05, 3.63) is 71.5 Å². The molecule has 0 saturated carbocycles. The van der Waals surface area contributed by atoms with Crippen molar-refractivity contribution in [3.63, 3.8) is 0 Å². The average molecular weight is 450 g/mol. The van der Waals surface area contributed by atoms with Crippen LogP contribution in [0.1, 0.15) is 5.56 Å². The zero-order valence-corrected chi connectivity index (χ0v) is 18.0. The fourth-order valence-electron chi connectivity index (χ4n) is 2.76. The molecule has 144 valence electrons. The van der Waals surface area contributed by atoms with E-state index in [0.717, 1.165) is 32.8 Å². The number of fused-ring (bicyclic) bond motifs is 1. The monoisotopic (exact) mass is 449 g/mol. The number of hydrogen-bond acceptors (Lipinski definition) is 5. The molecule has 9 heteroatoms. The Labute approximate surface area is 176 Å². The van der Waals surface area contributed by atoms with Crippen LogP contribution in [0.15, 0.2) is 74.5 Å². The highest BCUT2D eigenvalue weighted by molar-refractivity contribution is 8.01. The molecule has 0 amide bonds. The summed E-state index contributed by atoms with van der Waals surface area (Å²) in [6, 6.07) is 15.3. The molecule has 0 unspecified atom stereocenters. The number of nitrogens with zero attached hydrogens (tertiary/aromatic N) is 2. The molecule has 0 radical (unpaired) electrons. The molecule has 0 aliphatic carbocycles. The van der Waals surface area contributed by atoms with Gasteiger partial charge in [0.1, 0.15) is 4.21 Å². The van der Waals surface area contributed by atoms with E-state index in [9.17, 15) is 8.42 Å². The Morgan fingerprint density at radius 2 is 2.00 bits per heavy atom. The standard InChI is InChI=1S/C19H16ClN3O2S3/c1-23-10-9-21-19(23)27-18-16(20)11-17(26-18)28(24,25)22-12-14-7-4-6-13-5-2-3-8-15(13)14/h2-11,22H,12H2,1H3. The molecular weight excluding hydrogens is 434 g/mol. The molecular formula is C19H16ClN3O2S3. The highest BCUT2D eigenvalue weighted by atomic mass is 35.5. The zero-order valence-electron chi connectivity index (χ0n) is 14.8. The third kappa shape index (κ3) is 3.97. The maximum atomic E-state index is 12.8. The SMILES string of the molecule is Cn1ccnc1Sc1sc(S(=O)(=O)NCc2cccc3ccccc23)cc1Cl. The van der Waals surface area contributed by atoms with E-state index in [0.29, 0.717) is 9.23 Å². The van der Waals surface area contributed by atoms with Crippen LogP contribution in [0.4, 0.5) is 0 Å². The minimum absolute atomic E-state index is 0.189. The minimum atomic E-state index is -3.67. The first-order valence-electron chi connectivity index (χ1n) is 8.35. The second-order valence-electron chi connectivity index (χ2n) is 6.09. The number of benzene rings is 2. The van der Waals surface area contributed by atoms with E-state index in [2.05, 4.69) is 9.71 Å². The second kappa shape index (κ2) is 7.88. The van der Waals surface area contributed by atoms with Gasteiger partial charge < -0.3 is 4.57 Å². The van der Waals surface area contributed by atoms with Gasteiger partial charge in [-0.2, -0.15) is 0 Å². The number of aromatic nitrogens is 2. The number of nitrogens with one attached hydrogen (secondary N) is 1. The number of imidazole rings is 1. The van der Waals surface area contributed by atoms with E-state index in [-0.39, 0.29) is 10.8 Å². The van der Waals surface area contributed by atoms with E-state index >= 15 is 0 Å². The second-order valence-corrected chi connectivity index (χ2v) is 10.8. The minimum Gasteiger partial charge on any atom is -0.329 e. The van der Waals surface area contributed by atoms with Gasteiger partial charge in [0.25, 0.3) is 0 Å². The lowest BCUT2D eigenvalue weighted by atomic mass is 10.1. The predicted octanol–water partition coefficient (Wildman–Crippen LogP) is 4.92. The van der Waals surface area contributed by atoms with E-state index in [1.165, 1.54) is 17.8 Å². The van der Waals surface area contributed by atoms with E-state index in [1.807, 2.05) is 60.3 Å². The molecule has 2 heterocycles. The Morgan fingerprint density at radius 1 is 1.21 bits per heavy atom. The van der Waals surface area contributed by atoms with Crippen LogP contribution >= 0.6 is 34.7 Å². The summed E-state index contributed by atoms with van der Waals surface area (Å²) in [4.78, 5) is 4.24. The smallest absolute Gasteiger partial charge is 0.250 e. The third-order valence-corrected chi connectivity index (χ3v) is 9.00. The van der Waals surface area contributed by atoms with Gasteiger partial charge >= 0.3 is 0 Å². The Kier molecular flexibility index (Phi) is 5.48. The topological polar surface area (TPSA) is 64.0 Å². The van der Waals surface area contributed by atoms with Crippen molar-refractivity contribution in [2.75, 3.05) is 0 Å². The number of hydrogen-bond donors (Lipinski definition) is 1. The molecule has 2 aromatic carbocycles. The summed E-state index contributed by atoms with van der Waals surface area (Å²) < 4.78 is 31.0. The van der Waals surface area contributed by atoms with Crippen LogP contribution < -0.4 is 4.72 Å². The summed E-state index contributed by atoms with van der Waals surface area (Å²) >= 11 is 8.76. The average Bonchev–Trinajstić information content (AvgIpc) is 3.26. The number of halogens is 1. The number of thiophene rings is 1. The van der Waals surface area contributed by atoms with E-state index in [4.69, 9.17) is 11.6 Å². The number of sulfonamides is 1. The maximum absolute atomic E-state index is 12.8. The number of aryl methyl sites for hydroxylation is 1. The molecule has 5 nitrogen and oxygen atoms in total. The first-order valence-corrected chi connectivity index (χ1v) is 11.8. The van der Waals surface area contributed by atoms with E-state index < -0.39 is 10.0 Å². The van der Waals surface area contributed by atoms with Crippen LogP contribution in [0.25, 0.3) is 10.8 Å². The van der Waals surface area contributed by atoms with Crippen LogP contribution in [-0.4, -0.2) is 18.0 Å². The highest BCUT2D eigenvalue weighted by Gasteiger charge is 2.21. The van der Waals surface area contributed by atoms with E-state index in [1.54, 1.807) is 6.20 Å². The van der Waals surface area contributed by atoms with Gasteiger partial charge in [-0.3, -0.25) is 0 Å². The summed E-state index contributed by atoms with van der Waals surface area (Å²) in [5.74, 6) is 0. The molecule has 0 fully saturated rings. The van der Waals surface area contributed by atoms with Crippen molar-refractivity contribution < 1.29 is 8.42 Å². The van der Waals surface area contributed by atoms with Crippen LogP contribution in [0, 0.1) is 0 Å². The Morgan fingerprint density at radius 3 is 2.79 bits per heavy atom. The fraction of sp³-hybridized carbons (Fsp3) is 0.105. The molecule has 0 bridgehead atoms. The Hall–Kier alpha value is -1.84. The van der Waals surface area contributed by atoms with Crippen LogP contribution in [0.3, 0.4) is 0 Å². The normalized spacial score (nSPS) is 11.9. The van der Waals surface area contributed by atoms with Crippen molar-refractivity contribution in [2.24, 2.45) is 7.05 Å². The molecule has 0 atom stereocenters. The van der Waals surface area contributed by atoms with Crippen molar-refractivity contribution >= 4 is 55.5 Å². The van der Waals surface area contributed by atoms with Gasteiger partial charge in [-0.15, -0.1) is 11.3 Å². The lowest BCUT2D eigenvalue weighted by Crippen LogP contribution is -2.22. The largest absolute Gasteiger partial charge is 0.329 e. The van der Waals surface area contributed by atoms with Gasteiger partial charge in [-0.1, -0.05) is 54.1 Å². The zero-order chi connectivity index (χ0) is 19.7. The Bertz CT molecular complexity index is 1240. The first-order chi connectivity index (χ1) is 13.4. The summed E-state index contributed by atoms with van der Waals surface area (Å²) in [5.41, 5.74) is 0.923. The van der Waals surface area contributed by atoms with Crippen molar-refractivity contribution in [2.45, 2.75) is 20.1 Å². The predicted molar refractivity (Wildman–Crippen MR) is 115 cm³/mol. The fourth-order valence-corrected chi connectivity index (χ4v) is 6.83. The summed E-state index contributed by atoms with van der Waals surface area (Å²) in [6.07, 6.45) is 3.51. The summed E-state index contributed by atoms with van der Waals surface area (Å²) in [6.45, 7) is 0.209. The molecule has 28 heavy (non-hydrogen) atoms. The molecule has 4 aromatic rings. The van der Waals surface area contributed by atoms with Gasteiger partial charge in [0.15, 0.2) is 5.16 Å². The van der Waals surface area contributed by atoms with Crippen molar-refractivity contribution in [1.29, 1.82) is 0 Å². The summed E-state index contributed by atoms with van der Waals surface area (Å²) in [5, 5.41) is 3.26. The molecule has 2 aromatic heterocycles. The van der Waals surface area contributed by atoms with Gasteiger partial charge in [0.2, 0.25) is 10.0 Å². The van der Waals surface area contributed by atoms with Crippen LogP contribution in [-0.2, 0) is 23.6 Å². The summed E-state index contributed by atoms with van der Waals surface area (Å²) in [7, 11) is -1.80. The third-order valence-electron chi connectivity index (χ3n) is 4.19. The quantitative estimate of drug-likeness (QED) is 0.454. The lowest BCUT2D eigenvalue weighted by Gasteiger charge is -2.08. The van der Waals surface area contributed by atoms with Crippen LogP contribution in [0.5, 0.6) is 0 Å². The van der Waals surface area contributed by atoms with Gasteiger partial charge in [-0.25, -0.2) is 18.1 Å². The molecule has 0 aliphatic rings. The van der Waals surface area contributed by atoms with Crippen molar-refractivity contribution in [1.82, 2.24) is 14.3 Å². The van der Waals surface area contributed by atoms with Crippen molar-refractivity contribution in [3.8, 4) is 0 Å². The number of rotatable bonds is 6. The molecule has 0 spiro atoms. The molecule has 1 N–H and O–H groups in total. The Balaban J connectivity index is 1.55. The maximum Gasteiger partial charge on any atom is 0.250 e. The molecule has 4 rings (SSSR count). The van der Waals surface area contributed by atoms with Crippen LogP contribution in [0.2, 0.25) is 5.02 Å². The van der Waals surface area contributed by atoms with Gasteiger partial charge in [0, 0.05) is 26.0 Å². The highest BCUT2D eigenvalue weighted by Crippen LogP contribution is 2.40. The lowest BCUT2D eigenvalue weighted by molar-refractivity contribution is 0.583. The first kappa shape index (κ1) is 19.5. The molecule has 0 aliphatic heterocycles. The van der Waals surface area contributed by atoms with Gasteiger partial charge in [-0.05, 0) is 34.2 Å².